The zero-order chi connectivity index (χ0) is 12.7. The molecule has 0 aliphatic rings. The number of ether oxygens (including phenoxy) is 1. The minimum atomic E-state index is 0.281. The fourth-order valence-corrected chi connectivity index (χ4v) is 1.49. The van der Waals surface area contributed by atoms with Crippen molar-refractivity contribution in [1.82, 2.24) is 9.97 Å². The largest absolute Gasteiger partial charge is 0.383 e. The highest BCUT2D eigenvalue weighted by Gasteiger charge is 2.09. The first-order chi connectivity index (χ1) is 8.21. The summed E-state index contributed by atoms with van der Waals surface area (Å²) >= 11 is 0. The Bertz CT molecular complexity index is 343. The van der Waals surface area contributed by atoms with Crippen LogP contribution in [0, 0.1) is 6.92 Å². The highest BCUT2D eigenvalue weighted by atomic mass is 16.5. The topological polar surface area (TPSA) is 59.1 Å². The molecule has 0 spiro atoms. The van der Waals surface area contributed by atoms with Crippen LogP contribution in [0.4, 0.5) is 11.8 Å². The molecule has 5 heteroatoms. The number of nitrogens with one attached hydrogen (secondary N) is 2. The first-order valence-corrected chi connectivity index (χ1v) is 6.04. The minimum absolute atomic E-state index is 0.281. The molecule has 0 aliphatic heterocycles. The summed E-state index contributed by atoms with van der Waals surface area (Å²) in [7, 11) is 1.71. The smallest absolute Gasteiger partial charge is 0.224 e. The molecule has 1 unspecified atom stereocenters. The van der Waals surface area contributed by atoms with Crippen LogP contribution in [0.5, 0.6) is 0 Å². The monoisotopic (exact) mass is 238 g/mol. The van der Waals surface area contributed by atoms with Crippen molar-refractivity contribution in [3.63, 3.8) is 0 Å². The Hall–Kier alpha value is -1.36. The molecular weight excluding hydrogens is 216 g/mol. The second-order valence-corrected chi connectivity index (χ2v) is 3.96. The molecule has 1 aromatic rings. The number of hydrogen-bond donors (Lipinski definition) is 2. The van der Waals surface area contributed by atoms with Gasteiger partial charge in [0.25, 0.3) is 0 Å². The Balaban J connectivity index is 2.76. The molecule has 0 saturated carbocycles. The Morgan fingerprint density at radius 1 is 1.41 bits per heavy atom. The van der Waals surface area contributed by atoms with Crippen molar-refractivity contribution in [3.05, 3.63) is 11.8 Å². The molecule has 0 saturated heterocycles. The molecule has 2 N–H and O–H groups in total. The highest BCUT2D eigenvalue weighted by molar-refractivity contribution is 5.47. The van der Waals surface area contributed by atoms with Crippen molar-refractivity contribution >= 4 is 11.8 Å². The highest BCUT2D eigenvalue weighted by Crippen LogP contribution is 2.14. The van der Waals surface area contributed by atoms with Crippen LogP contribution in [0.15, 0.2) is 6.20 Å². The zero-order valence-corrected chi connectivity index (χ0v) is 11.1. The van der Waals surface area contributed by atoms with Gasteiger partial charge in [-0.3, -0.25) is 0 Å². The Morgan fingerprint density at radius 2 is 2.18 bits per heavy atom. The van der Waals surface area contributed by atoms with E-state index in [1.165, 1.54) is 0 Å². The number of methoxy groups -OCH3 is 1. The van der Waals surface area contributed by atoms with Crippen molar-refractivity contribution in [2.75, 3.05) is 30.9 Å². The van der Waals surface area contributed by atoms with Gasteiger partial charge in [0.05, 0.1) is 12.6 Å². The maximum Gasteiger partial charge on any atom is 0.224 e. The summed E-state index contributed by atoms with van der Waals surface area (Å²) in [6, 6.07) is 0.281. The molecule has 0 amide bonds. The number of aromatic nitrogens is 2. The number of aryl methyl sites for hydroxylation is 1. The van der Waals surface area contributed by atoms with E-state index in [0.29, 0.717) is 12.6 Å². The zero-order valence-electron chi connectivity index (χ0n) is 11.1. The lowest BCUT2D eigenvalue weighted by atomic mass is 10.2. The first-order valence-electron chi connectivity index (χ1n) is 6.04. The lowest BCUT2D eigenvalue weighted by Crippen LogP contribution is -2.25. The van der Waals surface area contributed by atoms with Crippen LogP contribution in [-0.4, -0.2) is 36.3 Å². The number of hydrogen-bond acceptors (Lipinski definition) is 5. The van der Waals surface area contributed by atoms with E-state index in [1.807, 2.05) is 20.0 Å². The molecule has 0 bridgehead atoms. The molecule has 17 heavy (non-hydrogen) atoms. The van der Waals surface area contributed by atoms with Gasteiger partial charge in [0.1, 0.15) is 5.82 Å². The van der Waals surface area contributed by atoms with Crippen LogP contribution in [-0.2, 0) is 4.74 Å². The SMILES string of the molecule is CCNc1ncc(C)c(NC(CC)COC)n1. The van der Waals surface area contributed by atoms with Gasteiger partial charge in [-0.2, -0.15) is 4.98 Å². The van der Waals surface area contributed by atoms with Gasteiger partial charge in [-0.25, -0.2) is 4.98 Å². The van der Waals surface area contributed by atoms with Crippen molar-refractivity contribution < 1.29 is 4.74 Å². The van der Waals surface area contributed by atoms with E-state index < -0.39 is 0 Å². The maximum absolute atomic E-state index is 5.16. The number of nitrogens with zero attached hydrogens (tertiary/aromatic N) is 2. The van der Waals surface area contributed by atoms with Gasteiger partial charge in [0.15, 0.2) is 0 Å². The van der Waals surface area contributed by atoms with Crippen molar-refractivity contribution in [3.8, 4) is 0 Å². The molecule has 1 rings (SSSR count). The van der Waals surface area contributed by atoms with Gasteiger partial charge >= 0.3 is 0 Å². The summed E-state index contributed by atoms with van der Waals surface area (Å²) in [4.78, 5) is 8.66. The standard InChI is InChI=1S/C12H22N4O/c1-5-10(8-17-4)15-11-9(3)7-14-12(16-11)13-6-2/h7,10H,5-6,8H2,1-4H3,(H2,13,14,15,16). The molecule has 0 aromatic carbocycles. The summed E-state index contributed by atoms with van der Waals surface area (Å²) in [5, 5.41) is 6.49. The number of rotatable bonds is 7. The van der Waals surface area contributed by atoms with Gasteiger partial charge < -0.3 is 15.4 Å². The molecule has 96 valence electrons. The van der Waals surface area contributed by atoms with Crippen LogP contribution in [0.1, 0.15) is 25.8 Å². The van der Waals surface area contributed by atoms with Crippen LogP contribution < -0.4 is 10.6 Å². The fourth-order valence-electron chi connectivity index (χ4n) is 1.49. The summed E-state index contributed by atoms with van der Waals surface area (Å²) < 4.78 is 5.16. The fraction of sp³-hybridized carbons (Fsp3) is 0.667. The Labute approximate surface area is 103 Å². The summed E-state index contributed by atoms with van der Waals surface area (Å²) in [5.41, 5.74) is 1.04. The van der Waals surface area contributed by atoms with Crippen molar-refractivity contribution in [1.29, 1.82) is 0 Å². The third-order valence-corrected chi connectivity index (χ3v) is 2.51. The Morgan fingerprint density at radius 3 is 2.76 bits per heavy atom. The predicted molar refractivity (Wildman–Crippen MR) is 70.5 cm³/mol. The van der Waals surface area contributed by atoms with Gasteiger partial charge in [-0.05, 0) is 20.3 Å². The number of anilines is 2. The minimum Gasteiger partial charge on any atom is -0.383 e. The Kier molecular flexibility index (Phi) is 5.69. The lowest BCUT2D eigenvalue weighted by Gasteiger charge is -2.18. The van der Waals surface area contributed by atoms with Crippen LogP contribution >= 0.6 is 0 Å². The van der Waals surface area contributed by atoms with Crippen molar-refractivity contribution in [2.24, 2.45) is 0 Å². The molecule has 0 radical (unpaired) electrons. The van der Waals surface area contributed by atoms with E-state index in [0.717, 1.165) is 24.3 Å². The predicted octanol–water partition coefficient (Wildman–Crippen LogP) is 2.05. The van der Waals surface area contributed by atoms with E-state index in [9.17, 15) is 0 Å². The van der Waals surface area contributed by atoms with E-state index in [2.05, 4.69) is 27.5 Å². The third kappa shape index (κ3) is 4.19. The maximum atomic E-state index is 5.16. The van der Waals surface area contributed by atoms with E-state index in [4.69, 9.17) is 4.74 Å². The van der Waals surface area contributed by atoms with E-state index in [1.54, 1.807) is 7.11 Å². The van der Waals surface area contributed by atoms with Crippen LogP contribution in [0.3, 0.4) is 0 Å². The molecule has 0 fully saturated rings. The lowest BCUT2D eigenvalue weighted by molar-refractivity contribution is 0.184. The van der Waals surface area contributed by atoms with Gasteiger partial charge in [-0.15, -0.1) is 0 Å². The third-order valence-electron chi connectivity index (χ3n) is 2.51. The second-order valence-electron chi connectivity index (χ2n) is 3.96. The second kappa shape index (κ2) is 7.06. The average molecular weight is 238 g/mol. The van der Waals surface area contributed by atoms with Crippen LogP contribution in [0.25, 0.3) is 0 Å². The van der Waals surface area contributed by atoms with Gasteiger partial charge in [0, 0.05) is 25.4 Å². The van der Waals surface area contributed by atoms with E-state index in [-0.39, 0.29) is 6.04 Å². The van der Waals surface area contributed by atoms with E-state index >= 15 is 0 Å². The normalized spacial score (nSPS) is 12.2. The average Bonchev–Trinajstić information content (AvgIpc) is 2.33. The van der Waals surface area contributed by atoms with Gasteiger partial charge in [0.2, 0.25) is 5.95 Å². The van der Waals surface area contributed by atoms with Crippen molar-refractivity contribution in [2.45, 2.75) is 33.2 Å². The summed E-state index contributed by atoms with van der Waals surface area (Å²) in [6.45, 7) is 7.64. The first kappa shape index (κ1) is 13.7. The summed E-state index contributed by atoms with van der Waals surface area (Å²) in [5.74, 6) is 1.53. The van der Waals surface area contributed by atoms with Gasteiger partial charge in [-0.1, -0.05) is 6.92 Å². The van der Waals surface area contributed by atoms with Crippen LogP contribution in [0.2, 0.25) is 0 Å². The molecular formula is C12H22N4O. The molecule has 1 atom stereocenters. The molecule has 0 aliphatic carbocycles. The molecule has 5 nitrogen and oxygen atoms in total. The molecule has 1 heterocycles. The molecule has 1 aromatic heterocycles. The quantitative estimate of drug-likeness (QED) is 0.761. The summed E-state index contributed by atoms with van der Waals surface area (Å²) in [6.07, 6.45) is 2.82.